The van der Waals surface area contributed by atoms with Crippen molar-refractivity contribution in [3.63, 3.8) is 0 Å². The highest BCUT2D eigenvalue weighted by molar-refractivity contribution is 5.79. The minimum Gasteiger partial charge on any atom is -1.00 e. The molecule has 0 aromatic carbocycles. The summed E-state index contributed by atoms with van der Waals surface area (Å²) < 4.78 is 0.482. The van der Waals surface area contributed by atoms with Gasteiger partial charge in [0.05, 0.1) is 21.1 Å². The maximum atomic E-state index is 13.4. The molecule has 0 heterocycles. The maximum absolute atomic E-state index is 13.4. The van der Waals surface area contributed by atoms with Crippen LogP contribution in [-0.4, -0.2) is 67.3 Å². The molecule has 41 heavy (non-hydrogen) atoms. The number of carboxylic acid groups (broad SMARTS) is 1. The normalized spacial score (nSPS) is 41.2. The highest BCUT2D eigenvalue weighted by Crippen LogP contribution is 2.69. The van der Waals surface area contributed by atoms with E-state index in [0.29, 0.717) is 22.2 Å². The topological polar surface area (TPSA) is 40.5 Å². The van der Waals surface area contributed by atoms with Crippen molar-refractivity contribution < 1.29 is 38.4 Å². The van der Waals surface area contributed by atoms with E-state index in [-0.39, 0.29) is 41.4 Å². The Hall–Kier alpha value is -0.140. The van der Waals surface area contributed by atoms with Gasteiger partial charge in [-0.3, -0.25) is 0 Å². The van der Waals surface area contributed by atoms with E-state index >= 15 is 0 Å². The monoisotopic (exact) mass is 684 g/mol. The summed E-state index contributed by atoms with van der Waals surface area (Å²) in [6.45, 7) is 14.8. The molecule has 10 atom stereocenters. The van der Waals surface area contributed by atoms with Gasteiger partial charge in [0, 0.05) is 23.8 Å². The Bertz CT molecular complexity index is 956. The first-order valence-electron chi connectivity index (χ1n) is 17.0. The number of carbonyl (C=O) groups is 1. The van der Waals surface area contributed by atoms with Crippen molar-refractivity contribution in [3.05, 3.63) is 11.6 Å². The fourth-order valence-electron chi connectivity index (χ4n) is 11.8. The van der Waals surface area contributed by atoms with Crippen LogP contribution in [0.5, 0.6) is 0 Å². The van der Waals surface area contributed by atoms with E-state index < -0.39 is 11.5 Å². The van der Waals surface area contributed by atoms with Crippen LogP contribution in [0.3, 0.4) is 0 Å². The summed E-state index contributed by atoms with van der Waals surface area (Å²) in [5.74, 6) is 4.24. The van der Waals surface area contributed by atoms with Gasteiger partial charge in [0.15, 0.2) is 0 Å². The van der Waals surface area contributed by atoms with E-state index in [9.17, 15) is 9.90 Å². The summed E-state index contributed by atoms with van der Waals surface area (Å²) >= 11 is 0. The standard InChI is InChI=1S/C36H64N2O2.HI/c1-12-14-31-32(37(7)8)35(6)26(23-36(31,33(39)40)38(9,10)11)17-18-27-29-20-19-28(25(4)16-13-15-24(2)3)34(29,5)22-21-30(27)35;/h17,24-25,27-32H,12-16,18-23H2,1-11H3;1H/t25-,27+,28-,29+,30+,31?,32?,34-,35+,36?;/m1./s1. The number of carboxylic acids is 1. The van der Waals surface area contributed by atoms with Crippen molar-refractivity contribution in [2.45, 2.75) is 124 Å². The zero-order valence-electron chi connectivity index (χ0n) is 28.6. The molecule has 0 aromatic rings. The third-order valence-electron chi connectivity index (χ3n) is 13.5. The highest BCUT2D eigenvalue weighted by Gasteiger charge is 2.70. The zero-order valence-corrected chi connectivity index (χ0v) is 30.8. The molecule has 5 heteroatoms. The quantitative estimate of drug-likeness (QED) is 0.197. The fourth-order valence-corrected chi connectivity index (χ4v) is 11.8. The summed E-state index contributed by atoms with van der Waals surface area (Å²) in [7, 11) is 10.9. The zero-order chi connectivity index (χ0) is 29.8. The average Bonchev–Trinajstić information content (AvgIpc) is 3.19. The van der Waals surface area contributed by atoms with Crippen LogP contribution < -0.4 is 24.0 Å². The Kier molecular flexibility index (Phi) is 10.9. The van der Waals surface area contributed by atoms with Crippen molar-refractivity contribution in [2.75, 3.05) is 35.2 Å². The summed E-state index contributed by atoms with van der Waals surface area (Å²) in [6, 6.07) is 0.241. The summed E-state index contributed by atoms with van der Waals surface area (Å²) in [4.78, 5) is 15.8. The van der Waals surface area contributed by atoms with Gasteiger partial charge < -0.3 is 38.5 Å². The maximum Gasteiger partial charge on any atom is 0.366 e. The van der Waals surface area contributed by atoms with E-state index in [1.54, 1.807) is 0 Å². The van der Waals surface area contributed by atoms with Crippen molar-refractivity contribution in [1.29, 1.82) is 0 Å². The van der Waals surface area contributed by atoms with Crippen LogP contribution >= 0.6 is 0 Å². The van der Waals surface area contributed by atoms with Gasteiger partial charge in [-0.2, -0.15) is 0 Å². The minimum absolute atomic E-state index is 0. The van der Waals surface area contributed by atoms with Gasteiger partial charge in [-0.1, -0.05) is 78.9 Å². The molecule has 1 N–H and O–H groups in total. The molecule has 0 aliphatic heterocycles. The molecule has 0 radical (unpaired) electrons. The van der Waals surface area contributed by atoms with E-state index in [2.05, 4.69) is 87.8 Å². The van der Waals surface area contributed by atoms with Crippen molar-refractivity contribution in [3.8, 4) is 0 Å². The largest absolute Gasteiger partial charge is 1.00 e. The molecule has 4 rings (SSSR count). The lowest BCUT2D eigenvalue weighted by Crippen LogP contribution is -3.00. The van der Waals surface area contributed by atoms with Gasteiger partial charge in [0.2, 0.25) is 5.54 Å². The molecule has 4 aliphatic rings. The number of hydrogen-bond acceptors (Lipinski definition) is 2. The third kappa shape index (κ3) is 5.62. The number of hydrogen-bond donors (Lipinski definition) is 1. The van der Waals surface area contributed by atoms with Crippen molar-refractivity contribution in [2.24, 2.45) is 52.3 Å². The van der Waals surface area contributed by atoms with Gasteiger partial charge in [-0.25, -0.2) is 4.79 Å². The van der Waals surface area contributed by atoms with E-state index in [1.165, 1.54) is 50.5 Å². The number of fused-ring (bicyclic) bond motifs is 5. The summed E-state index contributed by atoms with van der Waals surface area (Å²) in [5, 5.41) is 11.0. The van der Waals surface area contributed by atoms with Gasteiger partial charge in [-0.05, 0) is 93.5 Å². The molecular weight excluding hydrogens is 619 g/mol. The number of rotatable bonds is 10. The Morgan fingerprint density at radius 2 is 1.73 bits per heavy atom. The van der Waals surface area contributed by atoms with E-state index in [1.807, 2.05) is 0 Å². The molecule has 238 valence electrons. The first-order valence-corrected chi connectivity index (χ1v) is 17.0. The highest BCUT2D eigenvalue weighted by atomic mass is 127. The van der Waals surface area contributed by atoms with Crippen LogP contribution in [0.25, 0.3) is 0 Å². The molecule has 0 aromatic heterocycles. The van der Waals surface area contributed by atoms with Crippen LogP contribution in [0.15, 0.2) is 11.6 Å². The summed E-state index contributed by atoms with van der Waals surface area (Å²) in [5.41, 5.74) is 1.19. The molecule has 3 unspecified atom stereocenters. The predicted octanol–water partition coefficient (Wildman–Crippen LogP) is 5.13. The molecular formula is C36H65IN2O2. The molecule has 0 amide bonds. The number of allylic oxidation sites excluding steroid dienone is 1. The van der Waals surface area contributed by atoms with Crippen LogP contribution in [0.4, 0.5) is 0 Å². The first kappa shape index (κ1) is 35.3. The number of likely N-dealkylation sites (N-methyl/N-ethyl adjacent to an activating group) is 1. The molecule has 4 aliphatic carbocycles. The van der Waals surface area contributed by atoms with Crippen molar-refractivity contribution >= 4 is 5.97 Å². The second kappa shape index (κ2) is 12.7. The number of quaternary nitrogens is 1. The van der Waals surface area contributed by atoms with E-state index in [0.717, 1.165) is 48.9 Å². The molecule has 0 bridgehead atoms. The second-order valence-corrected chi connectivity index (χ2v) is 16.9. The van der Waals surface area contributed by atoms with E-state index in [4.69, 9.17) is 0 Å². The number of halogens is 1. The molecule has 0 spiro atoms. The van der Waals surface area contributed by atoms with Crippen LogP contribution in [0.2, 0.25) is 0 Å². The number of aliphatic carboxylic acids is 1. The lowest BCUT2D eigenvalue weighted by Gasteiger charge is -2.66. The van der Waals surface area contributed by atoms with Gasteiger partial charge >= 0.3 is 5.97 Å². The summed E-state index contributed by atoms with van der Waals surface area (Å²) in [6.07, 6.45) is 16.1. The Morgan fingerprint density at radius 1 is 1.07 bits per heavy atom. The van der Waals surface area contributed by atoms with Crippen LogP contribution in [-0.2, 0) is 4.79 Å². The molecule has 3 saturated carbocycles. The number of nitrogens with zero attached hydrogens (tertiary/aromatic N) is 2. The smallest absolute Gasteiger partial charge is 0.366 e. The Balaban J connectivity index is 0.00000462. The first-order chi connectivity index (χ1) is 18.6. The second-order valence-electron chi connectivity index (χ2n) is 16.9. The van der Waals surface area contributed by atoms with Crippen LogP contribution in [0, 0.1) is 52.3 Å². The predicted molar refractivity (Wildman–Crippen MR) is 168 cm³/mol. The molecule has 3 fully saturated rings. The average molecular weight is 685 g/mol. The lowest BCUT2D eigenvalue weighted by molar-refractivity contribution is -0.920. The Labute approximate surface area is 271 Å². The fraction of sp³-hybridized carbons (Fsp3) is 0.917. The molecule has 4 nitrogen and oxygen atoms in total. The van der Waals surface area contributed by atoms with Gasteiger partial charge in [0.1, 0.15) is 0 Å². The van der Waals surface area contributed by atoms with Gasteiger partial charge in [-0.15, -0.1) is 0 Å². The lowest BCUT2D eigenvalue weighted by atomic mass is 9.42. The minimum atomic E-state index is -0.795. The Morgan fingerprint density at radius 3 is 2.27 bits per heavy atom. The van der Waals surface area contributed by atoms with Crippen LogP contribution in [0.1, 0.15) is 112 Å². The van der Waals surface area contributed by atoms with Crippen molar-refractivity contribution in [1.82, 2.24) is 4.90 Å². The van der Waals surface area contributed by atoms with Gasteiger partial charge in [0.25, 0.3) is 0 Å². The third-order valence-corrected chi connectivity index (χ3v) is 13.5. The molecule has 0 saturated heterocycles. The SMILES string of the molecule is CCCC1C(N(C)C)[C@@]2(C)C(=CC[C@H]3[C@@H]4CC[C@H]([C@H](C)CCCC(C)C)[C@@]4(C)CC[C@@H]32)CC1(C(=O)O)[N+](C)(C)C.[I-].